The summed E-state index contributed by atoms with van der Waals surface area (Å²) in [7, 11) is 0. The van der Waals surface area contributed by atoms with Crippen LogP contribution in [0.25, 0.3) is 10.8 Å². The molecule has 0 bridgehead atoms. The first-order valence-corrected chi connectivity index (χ1v) is 7.44. The minimum atomic E-state index is 0.753. The van der Waals surface area contributed by atoms with Gasteiger partial charge in [0.05, 0.1) is 11.1 Å². The molecule has 94 valence electrons. The molecule has 0 unspecified atom stereocenters. The standard InChI is InChI=1S/C16H17BrO/c17-16-14-8-4-3-7-13(14)9-10-15(16)18-11-12-5-1-2-6-12/h3-4,7-10,12H,1-2,5-6,11H2. The van der Waals surface area contributed by atoms with Crippen molar-refractivity contribution in [1.29, 1.82) is 0 Å². The molecule has 3 rings (SSSR count). The summed E-state index contributed by atoms with van der Waals surface area (Å²) in [4.78, 5) is 0. The molecular weight excluding hydrogens is 288 g/mol. The first kappa shape index (κ1) is 12.0. The zero-order valence-corrected chi connectivity index (χ0v) is 11.9. The molecule has 2 aromatic rings. The van der Waals surface area contributed by atoms with Crippen LogP contribution in [0.4, 0.5) is 0 Å². The molecule has 1 aliphatic rings. The third-order valence-electron chi connectivity index (χ3n) is 3.78. The van der Waals surface area contributed by atoms with Gasteiger partial charge in [-0.25, -0.2) is 0 Å². The van der Waals surface area contributed by atoms with E-state index in [4.69, 9.17) is 4.74 Å². The van der Waals surface area contributed by atoms with Gasteiger partial charge in [0, 0.05) is 0 Å². The molecule has 18 heavy (non-hydrogen) atoms. The van der Waals surface area contributed by atoms with Crippen molar-refractivity contribution in [1.82, 2.24) is 0 Å². The molecule has 0 heterocycles. The van der Waals surface area contributed by atoms with E-state index < -0.39 is 0 Å². The summed E-state index contributed by atoms with van der Waals surface area (Å²) in [6, 6.07) is 12.6. The zero-order valence-electron chi connectivity index (χ0n) is 10.4. The van der Waals surface area contributed by atoms with E-state index in [0.717, 1.165) is 22.7 Å². The average molecular weight is 305 g/mol. The number of halogens is 1. The van der Waals surface area contributed by atoms with Gasteiger partial charge in [-0.05, 0) is 51.5 Å². The van der Waals surface area contributed by atoms with Gasteiger partial charge in [-0.3, -0.25) is 0 Å². The van der Waals surface area contributed by atoms with Crippen molar-refractivity contribution in [3.8, 4) is 5.75 Å². The van der Waals surface area contributed by atoms with Gasteiger partial charge in [0.2, 0.25) is 0 Å². The van der Waals surface area contributed by atoms with E-state index in [9.17, 15) is 0 Å². The quantitative estimate of drug-likeness (QED) is 0.760. The van der Waals surface area contributed by atoms with Gasteiger partial charge in [-0.2, -0.15) is 0 Å². The molecule has 2 aromatic carbocycles. The van der Waals surface area contributed by atoms with Crippen molar-refractivity contribution >= 4 is 26.7 Å². The average Bonchev–Trinajstić information content (AvgIpc) is 2.91. The van der Waals surface area contributed by atoms with Crippen molar-refractivity contribution < 1.29 is 4.74 Å². The Morgan fingerprint density at radius 1 is 1.06 bits per heavy atom. The first-order chi connectivity index (χ1) is 8.84. The molecule has 0 radical (unpaired) electrons. The third kappa shape index (κ3) is 2.39. The second-order valence-electron chi connectivity index (χ2n) is 5.06. The number of hydrogen-bond donors (Lipinski definition) is 0. The van der Waals surface area contributed by atoms with Crippen molar-refractivity contribution in [2.75, 3.05) is 6.61 Å². The van der Waals surface area contributed by atoms with Gasteiger partial charge < -0.3 is 4.74 Å². The molecule has 0 saturated heterocycles. The molecule has 1 fully saturated rings. The minimum Gasteiger partial charge on any atom is -0.492 e. The summed E-state index contributed by atoms with van der Waals surface area (Å²) in [5.74, 6) is 1.73. The maximum Gasteiger partial charge on any atom is 0.134 e. The van der Waals surface area contributed by atoms with Crippen LogP contribution in [0.5, 0.6) is 5.75 Å². The maximum absolute atomic E-state index is 5.98. The van der Waals surface area contributed by atoms with Crippen LogP contribution < -0.4 is 4.74 Å². The zero-order chi connectivity index (χ0) is 12.4. The van der Waals surface area contributed by atoms with E-state index in [2.05, 4.69) is 52.3 Å². The van der Waals surface area contributed by atoms with E-state index in [1.165, 1.54) is 36.5 Å². The Kier molecular flexibility index (Phi) is 3.55. The van der Waals surface area contributed by atoms with Crippen molar-refractivity contribution in [3.05, 3.63) is 40.9 Å². The highest BCUT2D eigenvalue weighted by atomic mass is 79.9. The topological polar surface area (TPSA) is 9.23 Å². The third-order valence-corrected chi connectivity index (χ3v) is 4.60. The fraction of sp³-hybridized carbons (Fsp3) is 0.375. The van der Waals surface area contributed by atoms with Crippen LogP contribution in [-0.4, -0.2) is 6.61 Å². The fourth-order valence-electron chi connectivity index (χ4n) is 2.71. The lowest BCUT2D eigenvalue weighted by atomic mass is 10.1. The van der Waals surface area contributed by atoms with Crippen LogP contribution in [0.2, 0.25) is 0 Å². The van der Waals surface area contributed by atoms with Crippen molar-refractivity contribution in [3.63, 3.8) is 0 Å². The molecule has 0 aromatic heterocycles. The van der Waals surface area contributed by atoms with Crippen molar-refractivity contribution in [2.24, 2.45) is 5.92 Å². The second-order valence-corrected chi connectivity index (χ2v) is 5.85. The summed E-state index contributed by atoms with van der Waals surface area (Å²) in [5.41, 5.74) is 0. The summed E-state index contributed by atoms with van der Waals surface area (Å²) in [6.07, 6.45) is 5.39. The Balaban J connectivity index is 1.81. The van der Waals surface area contributed by atoms with Gasteiger partial charge in [0.15, 0.2) is 0 Å². The normalized spacial score (nSPS) is 16.3. The fourth-order valence-corrected chi connectivity index (χ4v) is 3.32. The molecule has 0 amide bonds. The highest BCUT2D eigenvalue weighted by molar-refractivity contribution is 9.10. The van der Waals surface area contributed by atoms with Gasteiger partial charge in [-0.1, -0.05) is 43.2 Å². The van der Waals surface area contributed by atoms with Crippen LogP contribution in [-0.2, 0) is 0 Å². The molecule has 1 saturated carbocycles. The summed E-state index contributed by atoms with van der Waals surface area (Å²) < 4.78 is 7.06. The molecule has 1 aliphatic carbocycles. The molecular formula is C16H17BrO. The molecule has 0 spiro atoms. The van der Waals surface area contributed by atoms with Crippen LogP contribution in [0.3, 0.4) is 0 Å². The second kappa shape index (κ2) is 5.31. The number of fused-ring (bicyclic) bond motifs is 1. The number of hydrogen-bond acceptors (Lipinski definition) is 1. The Hall–Kier alpha value is -1.02. The Bertz CT molecular complexity index is 544. The predicted molar refractivity (Wildman–Crippen MR) is 79.1 cm³/mol. The SMILES string of the molecule is Brc1c(OCC2CCCC2)ccc2ccccc12. The van der Waals surface area contributed by atoms with Crippen molar-refractivity contribution in [2.45, 2.75) is 25.7 Å². The number of benzene rings is 2. The van der Waals surface area contributed by atoms with Crippen LogP contribution in [0.15, 0.2) is 40.9 Å². The van der Waals surface area contributed by atoms with Gasteiger partial charge in [-0.15, -0.1) is 0 Å². The highest BCUT2D eigenvalue weighted by Gasteiger charge is 2.16. The van der Waals surface area contributed by atoms with E-state index in [0.29, 0.717) is 0 Å². The molecule has 1 nitrogen and oxygen atoms in total. The Morgan fingerprint density at radius 3 is 2.67 bits per heavy atom. The lowest BCUT2D eigenvalue weighted by molar-refractivity contribution is 0.251. The summed E-state index contributed by atoms with van der Waals surface area (Å²) in [5, 5.41) is 2.47. The van der Waals surface area contributed by atoms with E-state index in [1.54, 1.807) is 0 Å². The molecule has 0 N–H and O–H groups in total. The Labute approximate surface area is 116 Å². The monoisotopic (exact) mass is 304 g/mol. The van der Waals surface area contributed by atoms with Crippen LogP contribution in [0, 0.1) is 5.92 Å². The number of ether oxygens (including phenoxy) is 1. The van der Waals surface area contributed by atoms with Crippen LogP contribution in [0.1, 0.15) is 25.7 Å². The van der Waals surface area contributed by atoms with Gasteiger partial charge in [0.25, 0.3) is 0 Å². The molecule has 0 atom stereocenters. The minimum absolute atomic E-state index is 0.753. The largest absolute Gasteiger partial charge is 0.492 e. The number of rotatable bonds is 3. The van der Waals surface area contributed by atoms with Gasteiger partial charge >= 0.3 is 0 Å². The van der Waals surface area contributed by atoms with E-state index in [1.807, 2.05) is 0 Å². The first-order valence-electron chi connectivity index (χ1n) is 6.64. The summed E-state index contributed by atoms with van der Waals surface area (Å²) >= 11 is 3.67. The highest BCUT2D eigenvalue weighted by Crippen LogP contribution is 2.34. The lowest BCUT2D eigenvalue weighted by Crippen LogP contribution is -2.08. The molecule has 2 heteroatoms. The van der Waals surface area contributed by atoms with Gasteiger partial charge in [0.1, 0.15) is 5.75 Å². The van der Waals surface area contributed by atoms with Crippen LogP contribution >= 0.6 is 15.9 Å². The Morgan fingerprint density at radius 2 is 1.83 bits per heavy atom. The lowest BCUT2D eigenvalue weighted by Gasteiger charge is -2.13. The van der Waals surface area contributed by atoms with E-state index in [-0.39, 0.29) is 0 Å². The maximum atomic E-state index is 5.98. The van der Waals surface area contributed by atoms with E-state index >= 15 is 0 Å². The predicted octanol–water partition coefficient (Wildman–Crippen LogP) is 5.17. The summed E-state index contributed by atoms with van der Waals surface area (Å²) in [6.45, 7) is 0.858. The smallest absolute Gasteiger partial charge is 0.134 e. The molecule has 0 aliphatic heterocycles.